The highest BCUT2D eigenvalue weighted by Gasteiger charge is 2.22. The van der Waals surface area contributed by atoms with E-state index >= 15 is 0 Å². The number of fused-ring (bicyclic) bond motifs is 1. The van der Waals surface area contributed by atoms with Crippen LogP contribution in [0.2, 0.25) is 0 Å². The van der Waals surface area contributed by atoms with E-state index in [1.54, 1.807) is 12.5 Å². The lowest BCUT2D eigenvalue weighted by atomic mass is 9.96. The largest absolute Gasteiger partial charge is 0.464 e. The lowest BCUT2D eigenvalue weighted by Gasteiger charge is -2.33. The summed E-state index contributed by atoms with van der Waals surface area (Å²) in [6, 6.07) is 3.78. The Balaban J connectivity index is 1.48. The van der Waals surface area contributed by atoms with Gasteiger partial charge in [0.15, 0.2) is 6.61 Å². The van der Waals surface area contributed by atoms with Crippen molar-refractivity contribution >= 4 is 28.8 Å². The molecule has 128 valence electrons. The Hall–Kier alpha value is -2.77. The van der Waals surface area contributed by atoms with E-state index < -0.39 is 18.6 Å². The molecule has 0 aliphatic carbocycles. The van der Waals surface area contributed by atoms with Gasteiger partial charge >= 0.3 is 6.09 Å². The number of piperidine rings is 1. The van der Waals surface area contributed by atoms with Gasteiger partial charge < -0.3 is 25.1 Å². The number of amides is 2. The minimum Gasteiger partial charge on any atom is -0.464 e. The minimum atomic E-state index is -0.667. The van der Waals surface area contributed by atoms with E-state index in [0.29, 0.717) is 12.5 Å². The summed E-state index contributed by atoms with van der Waals surface area (Å²) < 4.78 is 10.1. The van der Waals surface area contributed by atoms with Crippen LogP contribution in [0.5, 0.6) is 0 Å². The number of alkyl carbamates (subject to hydrolysis) is 1. The number of aromatic nitrogens is 1. The van der Waals surface area contributed by atoms with Crippen LogP contribution in [0, 0.1) is 5.92 Å². The fraction of sp³-hybridized carbons (Fsp3) is 0.438. The predicted octanol–water partition coefficient (Wildman–Crippen LogP) is 1.26. The van der Waals surface area contributed by atoms with E-state index in [0.717, 1.165) is 42.7 Å². The van der Waals surface area contributed by atoms with E-state index in [2.05, 4.69) is 19.9 Å². The van der Waals surface area contributed by atoms with Gasteiger partial charge in [0.1, 0.15) is 11.4 Å². The van der Waals surface area contributed by atoms with Gasteiger partial charge in [-0.05, 0) is 30.9 Å². The maximum Gasteiger partial charge on any atom is 0.407 e. The third-order valence-electron chi connectivity index (χ3n) is 4.15. The second kappa shape index (κ2) is 7.20. The number of hydrogen-bond acceptors (Lipinski definition) is 6. The van der Waals surface area contributed by atoms with E-state index in [-0.39, 0.29) is 0 Å². The van der Waals surface area contributed by atoms with E-state index in [1.807, 2.05) is 12.1 Å². The van der Waals surface area contributed by atoms with E-state index in [1.165, 1.54) is 0 Å². The molecular weight excluding hydrogens is 312 g/mol. The second-order valence-corrected chi connectivity index (χ2v) is 5.82. The van der Waals surface area contributed by atoms with Crippen molar-refractivity contribution < 1.29 is 18.7 Å². The van der Waals surface area contributed by atoms with Crippen LogP contribution in [0.4, 0.5) is 10.6 Å². The number of nitrogens with one attached hydrogen (secondary N) is 1. The summed E-state index contributed by atoms with van der Waals surface area (Å²) in [6.45, 7) is 1.85. The number of furan rings is 1. The first-order valence-corrected chi connectivity index (χ1v) is 7.89. The summed E-state index contributed by atoms with van der Waals surface area (Å²) in [5.74, 6) is 0.638. The molecule has 0 aromatic carbocycles. The number of carbonyl (C=O) groups is 2. The lowest BCUT2D eigenvalue weighted by molar-refractivity contribution is -0.120. The monoisotopic (exact) mass is 332 g/mol. The number of nitrogens with zero attached hydrogens (tertiary/aromatic N) is 2. The molecule has 3 heterocycles. The number of primary amides is 1. The molecule has 8 nitrogen and oxygen atoms in total. The number of hydrogen-bond donors (Lipinski definition) is 2. The second-order valence-electron chi connectivity index (χ2n) is 5.82. The molecule has 1 aliphatic heterocycles. The maximum atomic E-state index is 11.4. The van der Waals surface area contributed by atoms with Gasteiger partial charge in [-0.1, -0.05) is 0 Å². The zero-order chi connectivity index (χ0) is 16.9. The van der Waals surface area contributed by atoms with E-state index in [4.69, 9.17) is 10.2 Å². The lowest BCUT2D eigenvalue weighted by Crippen LogP contribution is -2.39. The first-order valence-electron chi connectivity index (χ1n) is 7.89. The molecule has 0 spiro atoms. The van der Waals surface area contributed by atoms with Gasteiger partial charge in [-0.25, -0.2) is 9.78 Å². The van der Waals surface area contributed by atoms with Crippen molar-refractivity contribution in [3.63, 3.8) is 0 Å². The topological polar surface area (TPSA) is 111 Å². The zero-order valence-electron chi connectivity index (χ0n) is 13.2. The van der Waals surface area contributed by atoms with Crippen molar-refractivity contribution in [2.45, 2.75) is 12.8 Å². The average molecular weight is 332 g/mol. The fourth-order valence-corrected chi connectivity index (χ4v) is 2.90. The first kappa shape index (κ1) is 16.1. The normalized spacial score (nSPS) is 15.4. The molecule has 1 saturated heterocycles. The quantitative estimate of drug-likeness (QED) is 0.852. The smallest absolute Gasteiger partial charge is 0.407 e. The third kappa shape index (κ3) is 3.76. The number of ether oxygens (including phenoxy) is 1. The van der Waals surface area contributed by atoms with Gasteiger partial charge in [0, 0.05) is 25.8 Å². The Bertz CT molecular complexity index is 722. The summed E-state index contributed by atoms with van der Waals surface area (Å²) in [5, 5.41) is 3.69. The predicted molar refractivity (Wildman–Crippen MR) is 87.5 cm³/mol. The van der Waals surface area contributed by atoms with Crippen molar-refractivity contribution in [1.29, 1.82) is 0 Å². The van der Waals surface area contributed by atoms with Crippen LogP contribution in [0.3, 0.4) is 0 Å². The van der Waals surface area contributed by atoms with Gasteiger partial charge in [-0.3, -0.25) is 4.79 Å². The molecular formula is C16H20N4O4. The number of carbonyl (C=O) groups excluding carboxylic acids is 2. The summed E-state index contributed by atoms with van der Waals surface area (Å²) in [6.07, 6.45) is 4.69. The molecule has 1 fully saturated rings. The Morgan fingerprint density at radius 3 is 2.92 bits per heavy atom. The molecule has 0 bridgehead atoms. The van der Waals surface area contributed by atoms with Crippen molar-refractivity contribution in [2.24, 2.45) is 11.7 Å². The zero-order valence-corrected chi connectivity index (χ0v) is 13.2. The molecule has 1 aliphatic rings. The first-order chi connectivity index (χ1) is 11.6. The highest BCUT2D eigenvalue weighted by molar-refractivity contribution is 5.88. The van der Waals surface area contributed by atoms with Crippen LogP contribution in [0.25, 0.3) is 11.0 Å². The average Bonchev–Trinajstić information content (AvgIpc) is 3.07. The minimum absolute atomic E-state index is 0.367. The molecule has 24 heavy (non-hydrogen) atoms. The van der Waals surface area contributed by atoms with Gasteiger partial charge in [0.25, 0.3) is 5.91 Å². The molecule has 2 aromatic heterocycles. The number of rotatable bonds is 5. The molecule has 8 heteroatoms. The molecule has 0 unspecified atom stereocenters. The van der Waals surface area contributed by atoms with Gasteiger partial charge in [0.05, 0.1) is 11.6 Å². The Labute approximate surface area is 138 Å². The highest BCUT2D eigenvalue weighted by Crippen LogP contribution is 2.28. The molecule has 2 amide bonds. The van der Waals surface area contributed by atoms with Crippen molar-refractivity contribution in [2.75, 3.05) is 31.1 Å². The number of nitrogens with two attached hydrogens (primary N) is 1. The Morgan fingerprint density at radius 2 is 2.17 bits per heavy atom. The van der Waals surface area contributed by atoms with Gasteiger partial charge in [0.2, 0.25) is 0 Å². The van der Waals surface area contributed by atoms with Crippen LogP contribution in [-0.4, -0.2) is 43.2 Å². The van der Waals surface area contributed by atoms with Crippen molar-refractivity contribution in [1.82, 2.24) is 10.3 Å². The SMILES string of the molecule is NC(=O)COC(=O)NCC1CCN(c2nccc3occc23)CC1. The summed E-state index contributed by atoms with van der Waals surface area (Å²) in [7, 11) is 0. The molecule has 0 saturated carbocycles. The van der Waals surface area contributed by atoms with Crippen molar-refractivity contribution in [3.8, 4) is 0 Å². The summed E-state index contributed by atoms with van der Waals surface area (Å²) in [5.41, 5.74) is 5.75. The number of anilines is 1. The van der Waals surface area contributed by atoms with Crippen LogP contribution < -0.4 is 16.0 Å². The fourth-order valence-electron chi connectivity index (χ4n) is 2.90. The maximum absolute atomic E-state index is 11.4. The highest BCUT2D eigenvalue weighted by atomic mass is 16.6. The van der Waals surface area contributed by atoms with Crippen molar-refractivity contribution in [3.05, 3.63) is 24.6 Å². The number of pyridine rings is 1. The Morgan fingerprint density at radius 1 is 1.38 bits per heavy atom. The standard InChI is InChI=1S/C16H20N4O4/c17-14(21)10-24-16(22)19-9-11-2-6-20(7-3-11)15-12-4-8-23-13(12)1-5-18-15/h1,4-5,8,11H,2-3,6-7,9-10H2,(H2,17,21)(H,19,22). The van der Waals surface area contributed by atoms with E-state index in [9.17, 15) is 9.59 Å². The summed E-state index contributed by atoms with van der Waals surface area (Å²) >= 11 is 0. The van der Waals surface area contributed by atoms with Crippen LogP contribution >= 0.6 is 0 Å². The molecule has 3 rings (SSSR count). The Kier molecular flexibility index (Phi) is 4.83. The summed E-state index contributed by atoms with van der Waals surface area (Å²) in [4.78, 5) is 28.7. The van der Waals surface area contributed by atoms with Gasteiger partial charge in [-0.15, -0.1) is 0 Å². The van der Waals surface area contributed by atoms with Crippen LogP contribution in [0.15, 0.2) is 29.0 Å². The third-order valence-corrected chi connectivity index (χ3v) is 4.15. The molecule has 3 N–H and O–H groups in total. The van der Waals surface area contributed by atoms with Gasteiger partial charge in [-0.2, -0.15) is 0 Å². The molecule has 2 aromatic rings. The van der Waals surface area contributed by atoms with Crippen LogP contribution in [-0.2, 0) is 9.53 Å². The molecule has 0 atom stereocenters. The molecule has 0 radical (unpaired) electrons. The van der Waals surface area contributed by atoms with Crippen LogP contribution in [0.1, 0.15) is 12.8 Å².